The SMILES string of the molecule is CC1(C)CCB(B2CCC(C)(C)CC2)CC1. The molecule has 0 radical (unpaired) electrons. The average molecular weight is 218 g/mol. The van der Waals surface area contributed by atoms with E-state index in [1.54, 1.807) is 0 Å². The van der Waals surface area contributed by atoms with Crippen LogP contribution in [0.15, 0.2) is 0 Å². The second-order valence-corrected chi connectivity index (χ2v) is 8.00. The second-order valence-electron chi connectivity index (χ2n) is 8.00. The van der Waals surface area contributed by atoms with Crippen LogP contribution in [0.4, 0.5) is 0 Å². The molecule has 0 aliphatic carbocycles. The smallest absolute Gasteiger partial charge is 0.0798 e. The lowest BCUT2D eigenvalue weighted by molar-refractivity contribution is 0.319. The zero-order valence-electron chi connectivity index (χ0n) is 11.8. The van der Waals surface area contributed by atoms with Crippen LogP contribution in [0.3, 0.4) is 0 Å². The molecule has 0 amide bonds. The summed E-state index contributed by atoms with van der Waals surface area (Å²) < 4.78 is 0. The summed E-state index contributed by atoms with van der Waals surface area (Å²) >= 11 is 0. The van der Waals surface area contributed by atoms with E-state index in [0.717, 1.165) is 13.2 Å². The molecule has 0 aromatic carbocycles. The summed E-state index contributed by atoms with van der Waals surface area (Å²) in [7, 11) is 0. The van der Waals surface area contributed by atoms with Crippen LogP contribution in [0.25, 0.3) is 0 Å². The molecule has 0 saturated carbocycles. The van der Waals surface area contributed by atoms with Crippen LogP contribution in [0, 0.1) is 10.8 Å². The molecular formula is C14H28B2. The van der Waals surface area contributed by atoms with E-state index < -0.39 is 0 Å². The van der Waals surface area contributed by atoms with Gasteiger partial charge in [-0.25, -0.2) is 0 Å². The normalized spacial score (nSPS) is 29.2. The highest BCUT2D eigenvalue weighted by Crippen LogP contribution is 2.41. The van der Waals surface area contributed by atoms with E-state index in [-0.39, 0.29) is 0 Å². The molecule has 2 heterocycles. The zero-order chi connectivity index (χ0) is 11.8. The number of hydrogen-bond acceptors (Lipinski definition) is 0. The van der Waals surface area contributed by atoms with Crippen LogP contribution in [-0.4, -0.2) is 13.2 Å². The third kappa shape index (κ3) is 3.08. The summed E-state index contributed by atoms with van der Waals surface area (Å²) in [6.07, 6.45) is 11.9. The van der Waals surface area contributed by atoms with Gasteiger partial charge >= 0.3 is 0 Å². The van der Waals surface area contributed by atoms with Crippen LogP contribution in [0.2, 0.25) is 25.3 Å². The molecule has 0 nitrogen and oxygen atoms in total. The molecule has 0 unspecified atom stereocenters. The standard InChI is InChI=1S/C14H28B2/c1-13(2)5-9-15(10-6-13)16-11-7-14(3,4)8-12-16/h5-12H2,1-4H3. The molecule has 0 aromatic heterocycles. The molecule has 90 valence electrons. The first-order valence-electron chi connectivity index (χ1n) is 7.38. The molecule has 0 spiro atoms. The summed E-state index contributed by atoms with van der Waals surface area (Å²) in [5.41, 5.74) is 1.29. The summed E-state index contributed by atoms with van der Waals surface area (Å²) in [6.45, 7) is 12.0. The van der Waals surface area contributed by atoms with Gasteiger partial charge in [0.15, 0.2) is 0 Å². The van der Waals surface area contributed by atoms with Crippen molar-refractivity contribution in [2.24, 2.45) is 10.8 Å². The van der Waals surface area contributed by atoms with Gasteiger partial charge in [-0.05, 0) is 10.8 Å². The third-order valence-corrected chi connectivity index (χ3v) is 5.43. The van der Waals surface area contributed by atoms with E-state index in [2.05, 4.69) is 27.7 Å². The van der Waals surface area contributed by atoms with E-state index in [1.807, 2.05) is 0 Å². The van der Waals surface area contributed by atoms with Gasteiger partial charge in [-0.3, -0.25) is 0 Å². The van der Waals surface area contributed by atoms with Crippen molar-refractivity contribution in [3.63, 3.8) is 0 Å². The fourth-order valence-corrected chi connectivity index (χ4v) is 3.79. The quantitative estimate of drug-likeness (QED) is 0.559. The van der Waals surface area contributed by atoms with Gasteiger partial charge in [0, 0.05) is 0 Å². The molecule has 2 aliphatic rings. The molecule has 0 N–H and O–H groups in total. The second kappa shape index (κ2) is 4.42. The maximum atomic E-state index is 2.45. The van der Waals surface area contributed by atoms with Crippen molar-refractivity contribution in [2.75, 3.05) is 0 Å². The van der Waals surface area contributed by atoms with E-state index >= 15 is 0 Å². The van der Waals surface area contributed by atoms with Gasteiger partial charge in [-0.2, -0.15) is 0 Å². The maximum absolute atomic E-state index is 2.45. The topological polar surface area (TPSA) is 0 Å². The Labute approximate surface area is 103 Å². The highest BCUT2D eigenvalue weighted by atomic mass is 14.2. The molecule has 2 aliphatic heterocycles. The third-order valence-electron chi connectivity index (χ3n) is 5.43. The zero-order valence-corrected chi connectivity index (χ0v) is 11.8. The van der Waals surface area contributed by atoms with Gasteiger partial charge in [-0.15, -0.1) is 0 Å². The average Bonchev–Trinajstić information content (AvgIpc) is 2.19. The molecular weight excluding hydrogens is 190 g/mol. The minimum Gasteiger partial charge on any atom is -0.0798 e. The Morgan fingerprint density at radius 1 is 0.562 bits per heavy atom. The lowest BCUT2D eigenvalue weighted by Gasteiger charge is -2.40. The molecule has 0 aromatic rings. The Balaban J connectivity index is 1.82. The molecule has 2 heteroatoms. The predicted octanol–water partition coefficient (Wildman–Crippen LogP) is 4.69. The number of hydrogen-bond donors (Lipinski definition) is 0. The van der Waals surface area contributed by atoms with E-state index in [4.69, 9.17) is 0 Å². The minimum atomic E-state index is 0.643. The van der Waals surface area contributed by atoms with Crippen LogP contribution in [-0.2, 0) is 0 Å². The molecule has 2 fully saturated rings. The Morgan fingerprint density at radius 2 is 0.812 bits per heavy atom. The summed E-state index contributed by atoms with van der Waals surface area (Å²) in [5, 5.41) is 0. The molecule has 2 saturated heterocycles. The highest BCUT2D eigenvalue weighted by Gasteiger charge is 2.38. The van der Waals surface area contributed by atoms with Gasteiger partial charge in [0.2, 0.25) is 0 Å². The Morgan fingerprint density at radius 3 is 1.06 bits per heavy atom. The molecule has 2 rings (SSSR count). The first-order valence-corrected chi connectivity index (χ1v) is 7.38. The van der Waals surface area contributed by atoms with Crippen molar-refractivity contribution in [1.82, 2.24) is 0 Å². The molecule has 0 bridgehead atoms. The Hall–Kier alpha value is 0.130. The number of rotatable bonds is 1. The fourth-order valence-electron chi connectivity index (χ4n) is 3.79. The van der Waals surface area contributed by atoms with Gasteiger partial charge in [0.05, 0.1) is 0 Å². The molecule has 16 heavy (non-hydrogen) atoms. The van der Waals surface area contributed by atoms with Crippen molar-refractivity contribution in [1.29, 1.82) is 0 Å². The monoisotopic (exact) mass is 218 g/mol. The summed E-state index contributed by atoms with van der Waals surface area (Å²) in [4.78, 5) is 0. The first-order chi connectivity index (χ1) is 7.38. The first kappa shape index (κ1) is 12.6. The Bertz CT molecular complexity index is 199. The lowest BCUT2D eigenvalue weighted by Crippen LogP contribution is -2.43. The van der Waals surface area contributed by atoms with Crippen LogP contribution in [0.1, 0.15) is 53.4 Å². The van der Waals surface area contributed by atoms with Crippen molar-refractivity contribution < 1.29 is 0 Å². The van der Waals surface area contributed by atoms with Crippen LogP contribution < -0.4 is 0 Å². The van der Waals surface area contributed by atoms with E-state index in [1.165, 1.54) is 51.0 Å². The highest BCUT2D eigenvalue weighted by molar-refractivity contribution is 7.22. The summed E-state index contributed by atoms with van der Waals surface area (Å²) in [6, 6.07) is 0. The lowest BCUT2D eigenvalue weighted by atomic mass is 9.02. The van der Waals surface area contributed by atoms with Gasteiger partial charge < -0.3 is 0 Å². The summed E-state index contributed by atoms with van der Waals surface area (Å²) in [5.74, 6) is 0. The predicted molar refractivity (Wildman–Crippen MR) is 76.8 cm³/mol. The van der Waals surface area contributed by atoms with Crippen LogP contribution in [0.5, 0.6) is 0 Å². The van der Waals surface area contributed by atoms with Crippen molar-refractivity contribution in [3.8, 4) is 0 Å². The van der Waals surface area contributed by atoms with Crippen molar-refractivity contribution in [2.45, 2.75) is 78.7 Å². The van der Waals surface area contributed by atoms with E-state index in [9.17, 15) is 0 Å². The minimum absolute atomic E-state index is 0.643. The van der Waals surface area contributed by atoms with Gasteiger partial charge in [0.1, 0.15) is 13.2 Å². The van der Waals surface area contributed by atoms with Crippen LogP contribution >= 0.6 is 0 Å². The van der Waals surface area contributed by atoms with E-state index in [0.29, 0.717) is 10.8 Å². The maximum Gasteiger partial charge on any atom is 0.109 e. The van der Waals surface area contributed by atoms with Crippen molar-refractivity contribution in [3.05, 3.63) is 0 Å². The Kier molecular flexibility index (Phi) is 3.48. The largest absolute Gasteiger partial charge is 0.109 e. The molecule has 0 atom stereocenters. The van der Waals surface area contributed by atoms with Gasteiger partial charge in [-0.1, -0.05) is 78.7 Å². The fraction of sp³-hybridized carbons (Fsp3) is 1.00. The van der Waals surface area contributed by atoms with Crippen molar-refractivity contribution >= 4 is 13.2 Å². The van der Waals surface area contributed by atoms with Gasteiger partial charge in [0.25, 0.3) is 0 Å².